The van der Waals surface area contributed by atoms with Crippen LogP contribution >= 0.6 is 22.9 Å². The second-order valence-corrected chi connectivity index (χ2v) is 8.38. The lowest BCUT2D eigenvalue weighted by Gasteiger charge is -2.22. The van der Waals surface area contributed by atoms with Crippen molar-refractivity contribution in [1.82, 2.24) is 10.3 Å². The highest BCUT2D eigenvalue weighted by Gasteiger charge is 2.25. The summed E-state index contributed by atoms with van der Waals surface area (Å²) in [6, 6.07) is 5.59. The fourth-order valence-corrected chi connectivity index (χ4v) is 5.04. The Labute approximate surface area is 120 Å². The predicted octanol–water partition coefficient (Wildman–Crippen LogP) is 1.88. The first-order valence-electron chi connectivity index (χ1n) is 6.01. The molecule has 2 aromatic rings. The number of nitrogens with one attached hydrogen (secondary N) is 1. The molecule has 0 radical (unpaired) electrons. The van der Waals surface area contributed by atoms with Gasteiger partial charge < -0.3 is 5.32 Å². The quantitative estimate of drug-likeness (QED) is 0.919. The summed E-state index contributed by atoms with van der Waals surface area (Å²) in [5.74, 6) is 0.422. The van der Waals surface area contributed by atoms with Gasteiger partial charge in [0.2, 0.25) is 0 Å². The Kier molecular flexibility index (Phi) is 3.51. The summed E-state index contributed by atoms with van der Waals surface area (Å²) in [6.45, 7) is 0.526. The molecule has 1 aromatic carbocycles. The standard InChI is InChI=1S/C12H13ClN2O2S2/c13-9-2-1-3-10-12(9)18-11(15-10)6-8-7-19(16,17)5-4-14-8/h1-3,8,14H,4-7H2. The Balaban J connectivity index is 1.84. The zero-order chi connectivity index (χ0) is 13.5. The van der Waals surface area contributed by atoms with Gasteiger partial charge in [0.05, 0.1) is 31.8 Å². The van der Waals surface area contributed by atoms with Crippen molar-refractivity contribution in [2.75, 3.05) is 18.1 Å². The normalized spacial score (nSPS) is 22.7. The van der Waals surface area contributed by atoms with E-state index in [-0.39, 0.29) is 17.5 Å². The van der Waals surface area contributed by atoms with E-state index in [2.05, 4.69) is 10.3 Å². The number of aromatic nitrogens is 1. The van der Waals surface area contributed by atoms with Gasteiger partial charge in [0, 0.05) is 19.0 Å². The topological polar surface area (TPSA) is 59.1 Å². The summed E-state index contributed by atoms with van der Waals surface area (Å²) in [6.07, 6.45) is 0.634. The van der Waals surface area contributed by atoms with Crippen LogP contribution in [0.15, 0.2) is 18.2 Å². The third kappa shape index (κ3) is 2.91. The van der Waals surface area contributed by atoms with Crippen LogP contribution in [0.1, 0.15) is 5.01 Å². The van der Waals surface area contributed by atoms with Crippen LogP contribution in [0.2, 0.25) is 5.02 Å². The largest absolute Gasteiger partial charge is 0.312 e. The molecule has 2 heterocycles. The molecule has 1 saturated heterocycles. The van der Waals surface area contributed by atoms with Crippen LogP contribution in [0.4, 0.5) is 0 Å². The zero-order valence-electron chi connectivity index (χ0n) is 10.1. The molecule has 0 bridgehead atoms. The van der Waals surface area contributed by atoms with E-state index in [1.165, 1.54) is 11.3 Å². The molecule has 1 aromatic heterocycles. The molecule has 4 nitrogen and oxygen atoms in total. The molecular formula is C12H13ClN2O2S2. The Morgan fingerprint density at radius 3 is 3.05 bits per heavy atom. The monoisotopic (exact) mass is 316 g/mol. The summed E-state index contributed by atoms with van der Waals surface area (Å²) in [5.41, 5.74) is 0.881. The van der Waals surface area contributed by atoms with Crippen LogP contribution in [0, 0.1) is 0 Å². The molecule has 0 amide bonds. The van der Waals surface area contributed by atoms with Crippen molar-refractivity contribution in [3.63, 3.8) is 0 Å². The lowest BCUT2D eigenvalue weighted by Crippen LogP contribution is -2.46. The minimum absolute atomic E-state index is 0.0434. The molecule has 1 fully saturated rings. The highest BCUT2D eigenvalue weighted by Crippen LogP contribution is 2.29. The smallest absolute Gasteiger partial charge is 0.153 e. The second-order valence-electron chi connectivity index (χ2n) is 4.67. The summed E-state index contributed by atoms with van der Waals surface area (Å²) >= 11 is 7.66. The number of hydrogen-bond acceptors (Lipinski definition) is 5. The summed E-state index contributed by atoms with van der Waals surface area (Å²) in [4.78, 5) is 4.51. The maximum atomic E-state index is 11.6. The van der Waals surface area contributed by atoms with E-state index in [0.717, 1.165) is 15.2 Å². The number of benzene rings is 1. The molecule has 1 aliphatic rings. The molecule has 1 N–H and O–H groups in total. The number of rotatable bonds is 2. The zero-order valence-corrected chi connectivity index (χ0v) is 12.5. The Bertz CT molecular complexity index is 712. The molecule has 0 aliphatic carbocycles. The fourth-order valence-electron chi connectivity index (χ4n) is 2.26. The lowest BCUT2D eigenvalue weighted by molar-refractivity contribution is 0.515. The average molecular weight is 317 g/mol. The Morgan fingerprint density at radius 2 is 2.32 bits per heavy atom. The number of fused-ring (bicyclic) bond motifs is 1. The minimum Gasteiger partial charge on any atom is -0.312 e. The van der Waals surface area contributed by atoms with Crippen molar-refractivity contribution in [3.8, 4) is 0 Å². The van der Waals surface area contributed by atoms with Crippen LogP contribution in [-0.4, -0.2) is 37.5 Å². The molecule has 0 spiro atoms. The molecule has 1 atom stereocenters. The van der Waals surface area contributed by atoms with Gasteiger partial charge in [0.15, 0.2) is 9.84 Å². The molecule has 7 heteroatoms. The van der Waals surface area contributed by atoms with Crippen LogP contribution in [0.5, 0.6) is 0 Å². The van der Waals surface area contributed by atoms with Gasteiger partial charge in [-0.3, -0.25) is 0 Å². The minimum atomic E-state index is -2.90. The average Bonchev–Trinajstić information content (AvgIpc) is 2.71. The third-order valence-corrected chi connectivity index (χ3v) is 6.42. The SMILES string of the molecule is O=S1(=O)CCNC(Cc2nc3cccc(Cl)c3s2)C1. The van der Waals surface area contributed by atoms with Crippen molar-refractivity contribution < 1.29 is 8.42 Å². The van der Waals surface area contributed by atoms with Gasteiger partial charge in [0.25, 0.3) is 0 Å². The van der Waals surface area contributed by atoms with Gasteiger partial charge in [0.1, 0.15) is 0 Å². The molecule has 102 valence electrons. The van der Waals surface area contributed by atoms with E-state index in [1.807, 2.05) is 18.2 Å². The Hall–Kier alpha value is -0.690. The third-order valence-electron chi connectivity index (χ3n) is 3.13. The molecular weight excluding hydrogens is 304 g/mol. The molecule has 1 unspecified atom stereocenters. The highest BCUT2D eigenvalue weighted by atomic mass is 35.5. The maximum absolute atomic E-state index is 11.6. The number of nitrogens with zero attached hydrogens (tertiary/aromatic N) is 1. The second kappa shape index (κ2) is 5.01. The maximum Gasteiger partial charge on any atom is 0.153 e. The van der Waals surface area contributed by atoms with Crippen molar-refractivity contribution in [2.24, 2.45) is 0 Å². The summed E-state index contributed by atoms with van der Waals surface area (Å²) < 4.78 is 24.2. The van der Waals surface area contributed by atoms with Crippen molar-refractivity contribution in [2.45, 2.75) is 12.5 Å². The van der Waals surface area contributed by atoms with Crippen LogP contribution in [-0.2, 0) is 16.3 Å². The van der Waals surface area contributed by atoms with Gasteiger partial charge in [-0.2, -0.15) is 0 Å². The van der Waals surface area contributed by atoms with Gasteiger partial charge in [-0.1, -0.05) is 17.7 Å². The van der Waals surface area contributed by atoms with Gasteiger partial charge in [-0.05, 0) is 12.1 Å². The van der Waals surface area contributed by atoms with Crippen molar-refractivity contribution >= 4 is 43.0 Å². The van der Waals surface area contributed by atoms with E-state index < -0.39 is 9.84 Å². The van der Waals surface area contributed by atoms with E-state index >= 15 is 0 Å². The first-order chi connectivity index (χ1) is 9.03. The van der Waals surface area contributed by atoms with E-state index in [4.69, 9.17) is 11.6 Å². The number of sulfone groups is 1. The number of thiazole rings is 1. The van der Waals surface area contributed by atoms with E-state index in [1.54, 1.807) is 0 Å². The van der Waals surface area contributed by atoms with Crippen molar-refractivity contribution in [3.05, 3.63) is 28.2 Å². The molecule has 1 aliphatic heterocycles. The van der Waals surface area contributed by atoms with Crippen LogP contribution in [0.3, 0.4) is 0 Å². The lowest BCUT2D eigenvalue weighted by atomic mass is 10.2. The number of halogens is 1. The van der Waals surface area contributed by atoms with E-state index in [0.29, 0.717) is 18.0 Å². The van der Waals surface area contributed by atoms with Gasteiger partial charge >= 0.3 is 0 Å². The molecule has 3 rings (SSSR count). The van der Waals surface area contributed by atoms with Crippen LogP contribution < -0.4 is 5.32 Å². The predicted molar refractivity (Wildman–Crippen MR) is 78.8 cm³/mol. The van der Waals surface area contributed by atoms with Gasteiger partial charge in [-0.15, -0.1) is 11.3 Å². The molecule has 19 heavy (non-hydrogen) atoms. The first-order valence-corrected chi connectivity index (χ1v) is 9.03. The molecule has 0 saturated carbocycles. The first kappa shape index (κ1) is 13.3. The highest BCUT2D eigenvalue weighted by molar-refractivity contribution is 7.91. The fraction of sp³-hybridized carbons (Fsp3) is 0.417. The number of hydrogen-bond donors (Lipinski definition) is 1. The summed E-state index contributed by atoms with van der Waals surface area (Å²) in [7, 11) is -2.90. The van der Waals surface area contributed by atoms with Crippen LogP contribution in [0.25, 0.3) is 10.2 Å². The van der Waals surface area contributed by atoms with Crippen molar-refractivity contribution in [1.29, 1.82) is 0 Å². The van der Waals surface area contributed by atoms with Gasteiger partial charge in [-0.25, -0.2) is 13.4 Å². The van der Waals surface area contributed by atoms with E-state index in [9.17, 15) is 8.42 Å². The Morgan fingerprint density at radius 1 is 1.47 bits per heavy atom. The summed E-state index contributed by atoms with van der Waals surface area (Å²) in [5, 5.41) is 4.86.